The van der Waals surface area contributed by atoms with E-state index in [1.54, 1.807) is 12.3 Å². The number of hydrogen-bond acceptors (Lipinski definition) is 7. The van der Waals surface area contributed by atoms with Crippen LogP contribution in [0.3, 0.4) is 0 Å². The summed E-state index contributed by atoms with van der Waals surface area (Å²) in [6.07, 6.45) is 12.9. The Hall–Kier alpha value is -3.65. The second kappa shape index (κ2) is 12.5. The van der Waals surface area contributed by atoms with Crippen LogP contribution in [0.25, 0.3) is 11.3 Å². The van der Waals surface area contributed by atoms with E-state index in [0.717, 1.165) is 91.3 Å². The van der Waals surface area contributed by atoms with Gasteiger partial charge in [0.05, 0.1) is 6.61 Å². The lowest BCUT2D eigenvalue weighted by Gasteiger charge is -2.26. The first-order chi connectivity index (χ1) is 19.0. The summed E-state index contributed by atoms with van der Waals surface area (Å²) in [6, 6.07) is 5.70. The molecule has 206 valence electrons. The van der Waals surface area contributed by atoms with Gasteiger partial charge in [0.1, 0.15) is 23.2 Å². The maximum absolute atomic E-state index is 15.0. The highest BCUT2D eigenvalue weighted by Gasteiger charge is 2.25. The highest BCUT2D eigenvalue weighted by atomic mass is 19.1. The number of anilines is 1. The topological polar surface area (TPSA) is 93.8 Å². The van der Waals surface area contributed by atoms with Gasteiger partial charge in [-0.1, -0.05) is 13.0 Å². The fourth-order valence-corrected chi connectivity index (χ4v) is 5.00. The van der Waals surface area contributed by atoms with Gasteiger partial charge in [-0.25, -0.2) is 14.4 Å². The first kappa shape index (κ1) is 26.9. The molecule has 4 N–H and O–H groups in total. The van der Waals surface area contributed by atoms with Crippen molar-refractivity contribution in [1.82, 2.24) is 10.3 Å². The summed E-state index contributed by atoms with van der Waals surface area (Å²) in [5.41, 5.74) is 12.8. The number of nitrogens with two attached hydrogens (primary N) is 1. The highest BCUT2D eigenvalue weighted by Crippen LogP contribution is 2.38. The first-order valence-electron chi connectivity index (χ1n) is 13.9. The molecule has 1 aromatic heterocycles. The van der Waals surface area contributed by atoms with Gasteiger partial charge in [-0.05, 0) is 80.0 Å². The molecule has 3 heterocycles. The number of rotatable bonds is 10. The zero-order chi connectivity index (χ0) is 27.2. The lowest BCUT2D eigenvalue weighted by atomic mass is 10.0. The minimum absolute atomic E-state index is 0.192. The van der Waals surface area contributed by atoms with Gasteiger partial charge < -0.3 is 25.8 Å². The molecular weight excluding hydrogens is 493 g/mol. The van der Waals surface area contributed by atoms with Crippen molar-refractivity contribution in [1.29, 1.82) is 0 Å². The number of fused-ring (bicyclic) bond motifs is 1. The predicted molar refractivity (Wildman–Crippen MR) is 155 cm³/mol. The third-order valence-electron chi connectivity index (χ3n) is 7.30. The quantitative estimate of drug-likeness (QED) is 0.339. The van der Waals surface area contributed by atoms with Gasteiger partial charge in [-0.15, -0.1) is 0 Å². The lowest BCUT2D eigenvalue weighted by Crippen LogP contribution is -2.34. The number of nitrogens with zero attached hydrogens (tertiary/aromatic N) is 2. The standard InChI is InChI=1S/C31H38FN5O2/c1-3-4-28(33)34-13-9-20(2)26-19-36-31(24-12-16-39-30(24)26)35-18-21-5-8-27(32)25(17-21)29(22-6-7-22)37-23-10-14-38-15-11-23/h4-5,8-9,13,17,19,23,37H,3,6-7,10-12,14-16,18,33H2,1-2H3,(H,35,36)/b20-9+,28-4+,34-13-. The Kier molecular flexibility index (Phi) is 8.61. The number of benzene rings is 1. The minimum Gasteiger partial charge on any atom is -0.492 e. The summed E-state index contributed by atoms with van der Waals surface area (Å²) in [7, 11) is 0. The Bertz CT molecular complexity index is 1320. The predicted octanol–water partition coefficient (Wildman–Crippen LogP) is 5.73. The van der Waals surface area contributed by atoms with Crippen molar-refractivity contribution in [3.8, 4) is 5.75 Å². The maximum Gasteiger partial charge on any atom is 0.135 e. The largest absolute Gasteiger partial charge is 0.492 e. The van der Waals surface area contributed by atoms with E-state index in [4.69, 9.17) is 20.2 Å². The second-order valence-electron chi connectivity index (χ2n) is 10.3. The molecule has 0 unspecified atom stereocenters. The number of ether oxygens (including phenoxy) is 2. The molecule has 3 aliphatic rings. The minimum atomic E-state index is -0.192. The molecule has 8 heteroatoms. The van der Waals surface area contributed by atoms with E-state index >= 15 is 4.39 Å². The summed E-state index contributed by atoms with van der Waals surface area (Å²) in [5, 5.41) is 7.11. The molecule has 0 spiro atoms. The first-order valence-corrected chi connectivity index (χ1v) is 13.9. The molecule has 1 aliphatic carbocycles. The third-order valence-corrected chi connectivity index (χ3v) is 7.30. The summed E-state index contributed by atoms with van der Waals surface area (Å²) in [5.74, 6) is 1.97. The van der Waals surface area contributed by atoms with E-state index in [9.17, 15) is 0 Å². The number of nitrogens with one attached hydrogen (secondary N) is 2. The van der Waals surface area contributed by atoms with Crippen LogP contribution in [0.5, 0.6) is 5.75 Å². The van der Waals surface area contributed by atoms with Crippen molar-refractivity contribution in [2.24, 2.45) is 10.7 Å². The van der Waals surface area contributed by atoms with Gasteiger partial charge >= 0.3 is 0 Å². The Morgan fingerprint density at radius 3 is 2.77 bits per heavy atom. The Labute approximate surface area is 230 Å². The van der Waals surface area contributed by atoms with Gasteiger partial charge in [0, 0.05) is 67.0 Å². The molecule has 5 rings (SSSR count). The normalized spacial score (nSPS) is 17.8. The molecule has 0 atom stereocenters. The van der Waals surface area contributed by atoms with E-state index in [1.807, 2.05) is 44.3 Å². The van der Waals surface area contributed by atoms with Crippen LogP contribution in [-0.4, -0.2) is 37.1 Å². The molecule has 7 nitrogen and oxygen atoms in total. The van der Waals surface area contributed by atoms with Gasteiger partial charge in [0.25, 0.3) is 0 Å². The maximum atomic E-state index is 15.0. The molecule has 0 amide bonds. The number of hydrogen-bond donors (Lipinski definition) is 3. The molecular formula is C31H38FN5O2. The van der Waals surface area contributed by atoms with Crippen molar-refractivity contribution < 1.29 is 13.9 Å². The molecule has 0 bridgehead atoms. The van der Waals surface area contributed by atoms with E-state index < -0.39 is 0 Å². The average Bonchev–Trinajstić information content (AvgIpc) is 3.67. The summed E-state index contributed by atoms with van der Waals surface area (Å²) >= 11 is 0. The monoisotopic (exact) mass is 531 g/mol. The third kappa shape index (κ3) is 6.68. The van der Waals surface area contributed by atoms with E-state index in [-0.39, 0.29) is 5.82 Å². The van der Waals surface area contributed by atoms with Crippen LogP contribution >= 0.6 is 0 Å². The van der Waals surface area contributed by atoms with Crippen LogP contribution in [0, 0.1) is 5.82 Å². The number of pyridine rings is 1. The van der Waals surface area contributed by atoms with Gasteiger partial charge in [-0.2, -0.15) is 0 Å². The summed E-state index contributed by atoms with van der Waals surface area (Å²) in [4.78, 5) is 8.98. The van der Waals surface area contributed by atoms with Crippen molar-refractivity contribution in [2.45, 2.75) is 65.0 Å². The fourth-order valence-electron chi connectivity index (χ4n) is 5.00. The number of halogens is 1. The Morgan fingerprint density at radius 2 is 2.00 bits per heavy atom. The van der Waals surface area contributed by atoms with Crippen molar-refractivity contribution in [3.05, 3.63) is 76.0 Å². The van der Waals surface area contributed by atoms with Crippen molar-refractivity contribution >= 4 is 23.3 Å². The van der Waals surface area contributed by atoms with Crippen LogP contribution in [0.1, 0.15) is 68.2 Å². The molecule has 1 saturated heterocycles. The smallest absolute Gasteiger partial charge is 0.135 e. The van der Waals surface area contributed by atoms with E-state index in [0.29, 0.717) is 30.6 Å². The number of allylic oxidation sites excluding steroid dienone is 4. The molecule has 2 aliphatic heterocycles. The number of aromatic nitrogens is 1. The highest BCUT2D eigenvalue weighted by molar-refractivity contribution is 5.86. The number of aliphatic imine (C=N–C) groups is 1. The van der Waals surface area contributed by atoms with Crippen LogP contribution in [0.4, 0.5) is 10.2 Å². The zero-order valence-electron chi connectivity index (χ0n) is 22.9. The van der Waals surface area contributed by atoms with Crippen LogP contribution in [0.15, 0.2) is 52.9 Å². The SMILES string of the molecule is CC/C=C(N)/N=C\C=C(/C)c1cnc(NCc2ccc(F)c(C(NC3CCOCC3)=C3CC3)c2)c2c1OCC2. The Morgan fingerprint density at radius 1 is 1.18 bits per heavy atom. The molecule has 0 radical (unpaired) electrons. The summed E-state index contributed by atoms with van der Waals surface area (Å²) < 4.78 is 26.5. The Balaban J connectivity index is 1.31. The fraction of sp³-hybridized carbons (Fsp3) is 0.419. The molecule has 2 aromatic rings. The van der Waals surface area contributed by atoms with Crippen LogP contribution in [0.2, 0.25) is 0 Å². The molecule has 2 fully saturated rings. The molecule has 1 saturated carbocycles. The van der Waals surface area contributed by atoms with Gasteiger partial charge in [-0.3, -0.25) is 0 Å². The summed E-state index contributed by atoms with van der Waals surface area (Å²) in [6.45, 7) is 6.69. The molecule has 1 aromatic carbocycles. The van der Waals surface area contributed by atoms with Crippen molar-refractivity contribution in [2.75, 3.05) is 25.1 Å². The van der Waals surface area contributed by atoms with E-state index in [2.05, 4.69) is 15.6 Å². The van der Waals surface area contributed by atoms with Crippen LogP contribution in [-0.2, 0) is 17.7 Å². The van der Waals surface area contributed by atoms with Gasteiger partial charge in [0.2, 0.25) is 0 Å². The molecule has 39 heavy (non-hydrogen) atoms. The van der Waals surface area contributed by atoms with Crippen LogP contribution < -0.4 is 21.1 Å². The van der Waals surface area contributed by atoms with Crippen molar-refractivity contribution in [3.63, 3.8) is 0 Å². The lowest BCUT2D eigenvalue weighted by molar-refractivity contribution is 0.0818. The van der Waals surface area contributed by atoms with E-state index in [1.165, 1.54) is 5.57 Å². The average molecular weight is 532 g/mol. The van der Waals surface area contributed by atoms with Gasteiger partial charge in [0.15, 0.2) is 0 Å². The second-order valence-corrected chi connectivity index (χ2v) is 10.3. The zero-order valence-corrected chi connectivity index (χ0v) is 22.9.